The second-order valence-corrected chi connectivity index (χ2v) is 8.68. The summed E-state index contributed by atoms with van der Waals surface area (Å²) in [5.41, 5.74) is -1.39. The van der Waals surface area contributed by atoms with Gasteiger partial charge in [0, 0.05) is 29.9 Å². The Labute approximate surface area is 169 Å². The smallest absolute Gasteiger partial charge is 0.428 e. The van der Waals surface area contributed by atoms with Crippen LogP contribution in [0, 0.1) is 0 Å². The van der Waals surface area contributed by atoms with E-state index in [1.165, 1.54) is 6.07 Å². The minimum atomic E-state index is -5.04. The summed E-state index contributed by atoms with van der Waals surface area (Å²) in [5.74, 6) is -0.463. The van der Waals surface area contributed by atoms with Gasteiger partial charge in [-0.15, -0.1) is 11.3 Å². The number of para-hydroxylation sites is 1. The van der Waals surface area contributed by atoms with E-state index in [0.717, 1.165) is 48.5 Å². The third kappa shape index (κ3) is 2.65. The lowest BCUT2D eigenvalue weighted by atomic mass is 9.83. The van der Waals surface area contributed by atoms with E-state index in [4.69, 9.17) is 0 Å². The zero-order valence-corrected chi connectivity index (χ0v) is 16.3. The van der Waals surface area contributed by atoms with Crippen LogP contribution in [0.2, 0.25) is 0 Å². The van der Waals surface area contributed by atoms with Gasteiger partial charge in [-0.3, -0.25) is 0 Å². The molecule has 3 aromatic rings. The number of hydrogen-bond acceptors (Lipinski definition) is 5. The number of nitrogens with zero attached hydrogens (tertiary/aromatic N) is 2. The molecule has 152 valence electrons. The molecule has 0 aliphatic carbocycles. The third-order valence-corrected chi connectivity index (χ3v) is 7.04. The molecule has 0 saturated carbocycles. The van der Waals surface area contributed by atoms with Crippen molar-refractivity contribution in [3.8, 4) is 5.75 Å². The molecule has 0 spiro atoms. The number of halogens is 3. The fourth-order valence-electron chi connectivity index (χ4n) is 4.54. The number of fused-ring (bicyclic) bond motifs is 1. The van der Waals surface area contributed by atoms with Gasteiger partial charge in [0.2, 0.25) is 5.60 Å². The molecule has 2 N–H and O–H groups in total. The Morgan fingerprint density at radius 3 is 2.52 bits per heavy atom. The lowest BCUT2D eigenvalue weighted by Crippen LogP contribution is -2.44. The molecule has 2 aliphatic rings. The lowest BCUT2D eigenvalue weighted by Gasteiger charge is -2.39. The maximum atomic E-state index is 14.3. The van der Waals surface area contributed by atoms with Gasteiger partial charge in [0.15, 0.2) is 0 Å². The highest BCUT2D eigenvalue weighted by molar-refractivity contribution is 7.18. The number of benzene rings is 2. The largest absolute Gasteiger partial charge is 0.507 e. The summed E-state index contributed by atoms with van der Waals surface area (Å²) in [6.07, 6.45) is -2.33. The predicted octanol–water partition coefficient (Wildman–Crippen LogP) is 4.50. The topological polar surface area (TPSA) is 56.6 Å². The van der Waals surface area contributed by atoms with E-state index in [9.17, 15) is 23.4 Å². The Hall–Kier alpha value is -2.32. The summed E-state index contributed by atoms with van der Waals surface area (Å²) in [4.78, 5) is 6.22. The van der Waals surface area contributed by atoms with Gasteiger partial charge in [-0.1, -0.05) is 12.1 Å². The van der Waals surface area contributed by atoms with Crippen LogP contribution in [-0.4, -0.2) is 34.5 Å². The van der Waals surface area contributed by atoms with Crippen molar-refractivity contribution in [1.82, 2.24) is 4.98 Å². The molecule has 0 bridgehead atoms. The number of aromatic hydroxyl groups is 1. The summed E-state index contributed by atoms with van der Waals surface area (Å²) >= 11 is 0.797. The van der Waals surface area contributed by atoms with Crippen LogP contribution in [0.15, 0.2) is 30.3 Å². The number of phenolic OH excluding ortho intramolecular Hbond substituents is 1. The molecular weight excluding hydrogens is 401 g/mol. The SMILES string of the molecule is Oc1c([C@@](O)(c2nc3ccccc3s2)C(F)(F)F)cc2c3c1CCCN3CCC2. The van der Waals surface area contributed by atoms with Gasteiger partial charge in [-0.25, -0.2) is 4.98 Å². The first-order valence-corrected chi connectivity index (χ1v) is 10.4. The van der Waals surface area contributed by atoms with E-state index in [0.29, 0.717) is 28.6 Å². The highest BCUT2D eigenvalue weighted by Crippen LogP contribution is 2.52. The average Bonchev–Trinajstić information content (AvgIpc) is 3.14. The molecule has 5 rings (SSSR count). The highest BCUT2D eigenvalue weighted by Gasteiger charge is 2.60. The molecule has 2 aromatic carbocycles. The Morgan fingerprint density at radius 2 is 1.79 bits per heavy atom. The van der Waals surface area contributed by atoms with Gasteiger partial charge >= 0.3 is 6.18 Å². The molecule has 0 amide bonds. The first-order chi connectivity index (χ1) is 13.8. The van der Waals surface area contributed by atoms with Crippen molar-refractivity contribution in [2.24, 2.45) is 0 Å². The molecule has 2 aliphatic heterocycles. The van der Waals surface area contributed by atoms with Crippen LogP contribution in [-0.2, 0) is 18.4 Å². The number of aliphatic hydroxyl groups is 1. The van der Waals surface area contributed by atoms with Crippen LogP contribution in [0.5, 0.6) is 5.75 Å². The quantitative estimate of drug-likeness (QED) is 0.641. The van der Waals surface area contributed by atoms with E-state index < -0.39 is 28.1 Å². The summed E-state index contributed by atoms with van der Waals surface area (Å²) < 4.78 is 43.6. The summed E-state index contributed by atoms with van der Waals surface area (Å²) in [5, 5.41) is 21.6. The van der Waals surface area contributed by atoms with Crippen molar-refractivity contribution in [1.29, 1.82) is 0 Å². The molecule has 0 radical (unpaired) electrons. The van der Waals surface area contributed by atoms with Gasteiger partial charge in [-0.2, -0.15) is 13.2 Å². The van der Waals surface area contributed by atoms with Crippen molar-refractivity contribution in [3.63, 3.8) is 0 Å². The van der Waals surface area contributed by atoms with Gasteiger partial charge in [0.25, 0.3) is 0 Å². The molecule has 1 atom stereocenters. The molecular formula is C21H19F3N2O2S. The normalized spacial score (nSPS) is 18.6. The van der Waals surface area contributed by atoms with Gasteiger partial charge in [0.05, 0.1) is 10.2 Å². The molecule has 0 fully saturated rings. The molecule has 1 aromatic heterocycles. The minimum Gasteiger partial charge on any atom is -0.507 e. The molecule has 0 saturated heterocycles. The maximum Gasteiger partial charge on any atom is 0.428 e. The van der Waals surface area contributed by atoms with Crippen LogP contribution in [0.3, 0.4) is 0 Å². The number of aromatic nitrogens is 1. The second kappa shape index (κ2) is 6.34. The Kier molecular flexibility index (Phi) is 4.08. The van der Waals surface area contributed by atoms with E-state index in [1.807, 2.05) is 0 Å². The van der Waals surface area contributed by atoms with Crippen LogP contribution >= 0.6 is 11.3 Å². The Balaban J connectivity index is 1.78. The average molecular weight is 420 g/mol. The first-order valence-electron chi connectivity index (χ1n) is 9.59. The summed E-state index contributed by atoms with van der Waals surface area (Å²) in [6, 6.07) is 8.02. The van der Waals surface area contributed by atoms with Crippen molar-refractivity contribution in [2.45, 2.75) is 37.5 Å². The zero-order chi connectivity index (χ0) is 20.4. The van der Waals surface area contributed by atoms with E-state index >= 15 is 0 Å². The molecule has 0 unspecified atom stereocenters. The number of phenols is 1. The molecule has 29 heavy (non-hydrogen) atoms. The summed E-state index contributed by atoms with van der Waals surface area (Å²) in [6.45, 7) is 1.67. The Bertz CT molecular complexity index is 1080. The van der Waals surface area contributed by atoms with Gasteiger partial charge in [0.1, 0.15) is 10.8 Å². The monoisotopic (exact) mass is 420 g/mol. The first kappa shape index (κ1) is 18.7. The fraction of sp³-hybridized carbons (Fsp3) is 0.381. The number of aryl methyl sites for hydroxylation is 1. The maximum absolute atomic E-state index is 14.3. The van der Waals surface area contributed by atoms with Crippen LogP contribution in [0.25, 0.3) is 10.2 Å². The number of anilines is 1. The Morgan fingerprint density at radius 1 is 1.07 bits per heavy atom. The minimum absolute atomic E-state index is 0.389. The van der Waals surface area contributed by atoms with Crippen LogP contribution in [0.1, 0.15) is 34.5 Å². The van der Waals surface area contributed by atoms with Gasteiger partial charge in [-0.05, 0) is 49.4 Å². The van der Waals surface area contributed by atoms with E-state index in [-0.39, 0.29) is 0 Å². The molecule has 4 nitrogen and oxygen atoms in total. The number of hydrogen-bond donors (Lipinski definition) is 2. The lowest BCUT2D eigenvalue weighted by molar-refractivity contribution is -0.248. The van der Waals surface area contributed by atoms with Crippen molar-refractivity contribution < 1.29 is 23.4 Å². The third-order valence-electron chi connectivity index (χ3n) is 5.90. The standard InChI is InChI=1S/C21H19F3N2O2S/c22-21(23,24)20(28,19-25-15-7-1-2-8-16(15)29-19)14-11-12-5-3-9-26-10-4-6-13(17(12)26)18(14)27/h1-2,7-8,11,27-28H,3-6,9-10H2/t20-/m1/s1. The number of thiazole rings is 1. The van der Waals surface area contributed by atoms with Gasteiger partial charge < -0.3 is 15.1 Å². The summed E-state index contributed by atoms with van der Waals surface area (Å²) in [7, 11) is 0. The van der Waals surface area contributed by atoms with Crippen LogP contribution in [0.4, 0.5) is 18.9 Å². The molecule has 8 heteroatoms. The molecule has 3 heterocycles. The predicted molar refractivity (Wildman–Crippen MR) is 106 cm³/mol. The fourth-order valence-corrected chi connectivity index (χ4v) is 5.63. The number of rotatable bonds is 2. The van der Waals surface area contributed by atoms with E-state index in [2.05, 4.69) is 9.88 Å². The van der Waals surface area contributed by atoms with Crippen LogP contribution < -0.4 is 4.90 Å². The number of alkyl halides is 3. The van der Waals surface area contributed by atoms with Crippen molar-refractivity contribution in [2.75, 3.05) is 18.0 Å². The van der Waals surface area contributed by atoms with E-state index in [1.54, 1.807) is 24.3 Å². The second-order valence-electron chi connectivity index (χ2n) is 7.65. The van der Waals surface area contributed by atoms with Crippen molar-refractivity contribution in [3.05, 3.63) is 52.0 Å². The zero-order valence-electron chi connectivity index (χ0n) is 15.5. The van der Waals surface area contributed by atoms with Crippen molar-refractivity contribution >= 4 is 27.2 Å². The highest BCUT2D eigenvalue weighted by atomic mass is 32.1.